The fourth-order valence-corrected chi connectivity index (χ4v) is 3.26. The van der Waals surface area contributed by atoms with Crippen molar-refractivity contribution in [2.45, 2.75) is 12.8 Å². The Morgan fingerprint density at radius 2 is 2.04 bits per heavy atom. The summed E-state index contributed by atoms with van der Waals surface area (Å²) in [7, 11) is 2.04. The maximum Gasteiger partial charge on any atom is 0.280 e. The van der Waals surface area contributed by atoms with Gasteiger partial charge in [0.1, 0.15) is 0 Å². The van der Waals surface area contributed by atoms with Crippen molar-refractivity contribution < 1.29 is 4.79 Å². The quantitative estimate of drug-likeness (QED) is 0.705. The summed E-state index contributed by atoms with van der Waals surface area (Å²) in [5, 5.41) is 3.46. The molecule has 0 aliphatic rings. The van der Waals surface area contributed by atoms with Gasteiger partial charge in [-0.2, -0.15) is 0 Å². The number of benzene rings is 1. The lowest BCUT2D eigenvalue weighted by Gasteiger charge is -2.04. The summed E-state index contributed by atoms with van der Waals surface area (Å²) in [5.41, 5.74) is 2.37. The van der Waals surface area contributed by atoms with E-state index in [0.717, 1.165) is 23.3 Å². The zero-order valence-electron chi connectivity index (χ0n) is 13.0. The molecule has 0 aliphatic heterocycles. The highest BCUT2D eigenvalue weighted by atomic mass is 32.1. The van der Waals surface area contributed by atoms with Gasteiger partial charge in [-0.25, -0.2) is 4.98 Å². The van der Waals surface area contributed by atoms with E-state index in [1.54, 1.807) is 6.20 Å². The van der Waals surface area contributed by atoms with Crippen molar-refractivity contribution in [2.24, 2.45) is 7.05 Å². The molecule has 0 atom stereocenters. The number of rotatable bonds is 6. The third-order valence-corrected chi connectivity index (χ3v) is 4.75. The van der Waals surface area contributed by atoms with Gasteiger partial charge in [0.2, 0.25) is 0 Å². The van der Waals surface area contributed by atoms with E-state index in [0.29, 0.717) is 11.6 Å². The lowest BCUT2D eigenvalue weighted by atomic mass is 10.2. The minimum atomic E-state index is -0.0935. The number of nitrogens with one attached hydrogen (secondary N) is 1. The van der Waals surface area contributed by atoms with Crippen LogP contribution in [0.3, 0.4) is 0 Å². The monoisotopic (exact) mass is 325 g/mol. The Labute approximate surface area is 139 Å². The van der Waals surface area contributed by atoms with Crippen LogP contribution in [0, 0.1) is 0 Å². The Kier molecular flexibility index (Phi) is 4.88. The molecule has 0 fully saturated rings. The number of amides is 1. The Morgan fingerprint density at radius 1 is 1.22 bits per heavy atom. The minimum absolute atomic E-state index is 0.0935. The first-order chi connectivity index (χ1) is 11.2. The molecule has 0 bridgehead atoms. The SMILES string of the molecule is Cn1cccc1CCCNC(=O)c1ncc(-c2ccccc2)s1. The second-order valence-electron chi connectivity index (χ2n) is 5.37. The number of carbonyl (C=O) groups excluding carboxylic acids is 1. The number of aromatic nitrogens is 2. The van der Waals surface area contributed by atoms with Crippen molar-refractivity contribution in [1.82, 2.24) is 14.9 Å². The van der Waals surface area contributed by atoms with Gasteiger partial charge in [0, 0.05) is 31.7 Å². The summed E-state index contributed by atoms with van der Waals surface area (Å²) < 4.78 is 2.11. The summed E-state index contributed by atoms with van der Waals surface area (Å²) in [4.78, 5) is 17.4. The van der Waals surface area contributed by atoms with Crippen molar-refractivity contribution in [3.05, 3.63) is 65.6 Å². The molecule has 3 rings (SSSR count). The molecule has 0 spiro atoms. The number of nitrogens with zero attached hydrogens (tertiary/aromatic N) is 2. The van der Waals surface area contributed by atoms with Gasteiger partial charge in [-0.05, 0) is 30.5 Å². The molecule has 5 heteroatoms. The molecule has 1 N–H and O–H groups in total. The van der Waals surface area contributed by atoms with Gasteiger partial charge in [-0.15, -0.1) is 11.3 Å². The van der Waals surface area contributed by atoms with Crippen LogP contribution >= 0.6 is 11.3 Å². The van der Waals surface area contributed by atoms with Crippen LogP contribution in [0.15, 0.2) is 54.9 Å². The first kappa shape index (κ1) is 15.5. The van der Waals surface area contributed by atoms with Crippen LogP contribution in [0.1, 0.15) is 21.9 Å². The van der Waals surface area contributed by atoms with Crippen LogP contribution in [-0.2, 0) is 13.5 Å². The summed E-state index contributed by atoms with van der Waals surface area (Å²) in [5.74, 6) is -0.0935. The number of carbonyl (C=O) groups is 1. The number of aryl methyl sites for hydroxylation is 2. The highest BCUT2D eigenvalue weighted by molar-refractivity contribution is 7.16. The van der Waals surface area contributed by atoms with Crippen molar-refractivity contribution in [3.8, 4) is 10.4 Å². The number of thiazole rings is 1. The van der Waals surface area contributed by atoms with Gasteiger partial charge in [0.15, 0.2) is 5.01 Å². The lowest BCUT2D eigenvalue weighted by molar-refractivity contribution is 0.0953. The highest BCUT2D eigenvalue weighted by Gasteiger charge is 2.11. The van der Waals surface area contributed by atoms with E-state index in [1.165, 1.54) is 17.0 Å². The normalized spacial score (nSPS) is 10.7. The molecule has 1 aromatic carbocycles. The van der Waals surface area contributed by atoms with Gasteiger partial charge in [0.05, 0.1) is 4.88 Å². The molecule has 2 aromatic heterocycles. The molecule has 118 valence electrons. The molecule has 0 saturated heterocycles. The molecular formula is C18H19N3OS. The van der Waals surface area contributed by atoms with E-state index >= 15 is 0 Å². The van der Waals surface area contributed by atoms with Gasteiger partial charge >= 0.3 is 0 Å². The summed E-state index contributed by atoms with van der Waals surface area (Å²) in [6.45, 7) is 0.657. The van der Waals surface area contributed by atoms with Crippen molar-refractivity contribution >= 4 is 17.2 Å². The number of hydrogen-bond donors (Lipinski definition) is 1. The van der Waals surface area contributed by atoms with Crippen LogP contribution in [0.4, 0.5) is 0 Å². The average Bonchev–Trinajstić information content (AvgIpc) is 3.22. The summed E-state index contributed by atoms with van der Waals surface area (Å²) in [6, 6.07) is 14.1. The summed E-state index contributed by atoms with van der Waals surface area (Å²) in [6.07, 6.45) is 5.67. The van der Waals surface area contributed by atoms with Gasteiger partial charge < -0.3 is 9.88 Å². The van der Waals surface area contributed by atoms with Gasteiger partial charge in [0.25, 0.3) is 5.91 Å². The predicted octanol–water partition coefficient (Wildman–Crippen LogP) is 3.51. The van der Waals surface area contributed by atoms with E-state index < -0.39 is 0 Å². The van der Waals surface area contributed by atoms with Crippen molar-refractivity contribution in [1.29, 1.82) is 0 Å². The Bertz CT molecular complexity index is 776. The third-order valence-electron chi connectivity index (χ3n) is 3.70. The van der Waals surface area contributed by atoms with E-state index in [1.807, 2.05) is 49.6 Å². The smallest absolute Gasteiger partial charge is 0.280 e. The van der Waals surface area contributed by atoms with Crippen LogP contribution < -0.4 is 5.32 Å². The summed E-state index contributed by atoms with van der Waals surface area (Å²) >= 11 is 1.43. The highest BCUT2D eigenvalue weighted by Crippen LogP contribution is 2.25. The first-order valence-corrected chi connectivity index (χ1v) is 8.45. The topological polar surface area (TPSA) is 46.9 Å². The molecule has 0 radical (unpaired) electrons. The minimum Gasteiger partial charge on any atom is -0.354 e. The predicted molar refractivity (Wildman–Crippen MR) is 93.6 cm³/mol. The second-order valence-corrected chi connectivity index (χ2v) is 6.40. The zero-order valence-corrected chi connectivity index (χ0v) is 13.8. The van der Waals surface area contributed by atoms with Crippen LogP contribution in [0.25, 0.3) is 10.4 Å². The molecule has 23 heavy (non-hydrogen) atoms. The van der Waals surface area contributed by atoms with Crippen LogP contribution in [0.2, 0.25) is 0 Å². The maximum absolute atomic E-state index is 12.1. The lowest BCUT2D eigenvalue weighted by Crippen LogP contribution is -2.24. The fourth-order valence-electron chi connectivity index (χ4n) is 2.42. The van der Waals surface area contributed by atoms with E-state index in [9.17, 15) is 4.79 Å². The molecule has 1 amide bonds. The zero-order chi connectivity index (χ0) is 16.1. The second kappa shape index (κ2) is 7.24. The van der Waals surface area contributed by atoms with Crippen LogP contribution in [0.5, 0.6) is 0 Å². The standard InChI is InChI=1S/C18H19N3OS/c1-21-12-6-10-15(21)9-5-11-19-17(22)18-20-13-16(23-18)14-7-3-2-4-8-14/h2-4,6-8,10,12-13H,5,9,11H2,1H3,(H,19,22). The van der Waals surface area contributed by atoms with E-state index in [2.05, 4.69) is 20.9 Å². The van der Waals surface area contributed by atoms with Gasteiger partial charge in [-0.3, -0.25) is 4.79 Å². The molecule has 0 saturated carbocycles. The van der Waals surface area contributed by atoms with Crippen molar-refractivity contribution in [2.75, 3.05) is 6.54 Å². The molecule has 2 heterocycles. The largest absolute Gasteiger partial charge is 0.354 e. The first-order valence-electron chi connectivity index (χ1n) is 7.64. The Morgan fingerprint density at radius 3 is 2.78 bits per heavy atom. The van der Waals surface area contributed by atoms with E-state index in [4.69, 9.17) is 0 Å². The average molecular weight is 325 g/mol. The molecular weight excluding hydrogens is 306 g/mol. The molecule has 3 aromatic rings. The fraction of sp³-hybridized carbons (Fsp3) is 0.222. The molecule has 4 nitrogen and oxygen atoms in total. The van der Waals surface area contributed by atoms with E-state index in [-0.39, 0.29) is 5.91 Å². The maximum atomic E-state index is 12.1. The molecule has 0 unspecified atom stereocenters. The van der Waals surface area contributed by atoms with Crippen LogP contribution in [-0.4, -0.2) is 22.0 Å². The Balaban J connectivity index is 1.51. The Hall–Kier alpha value is -2.40. The van der Waals surface area contributed by atoms with Crippen molar-refractivity contribution in [3.63, 3.8) is 0 Å². The molecule has 0 aliphatic carbocycles. The van der Waals surface area contributed by atoms with Gasteiger partial charge in [-0.1, -0.05) is 30.3 Å². The number of hydrogen-bond acceptors (Lipinski definition) is 3. The third kappa shape index (κ3) is 3.87.